The topological polar surface area (TPSA) is 124 Å². The molecule has 2 heterocycles. The van der Waals surface area contributed by atoms with Crippen molar-refractivity contribution in [3.63, 3.8) is 0 Å². The summed E-state index contributed by atoms with van der Waals surface area (Å²) in [5, 5.41) is 26.0. The van der Waals surface area contributed by atoms with Gasteiger partial charge in [0.1, 0.15) is 29.2 Å². The molecule has 0 bridgehead atoms. The first-order valence-electron chi connectivity index (χ1n) is 14.6. The molecule has 1 saturated carbocycles. The van der Waals surface area contributed by atoms with Gasteiger partial charge < -0.3 is 29.2 Å². The number of nitroso groups, excluding NO2 is 1. The van der Waals surface area contributed by atoms with E-state index in [0.29, 0.717) is 29.9 Å². The fourth-order valence-corrected chi connectivity index (χ4v) is 7.77. The normalized spacial score (nSPS) is 33.9. The lowest BCUT2D eigenvalue weighted by Gasteiger charge is -2.62. The van der Waals surface area contributed by atoms with E-state index in [1.165, 1.54) is 6.92 Å². The smallest absolute Gasteiger partial charge is 0.303 e. The summed E-state index contributed by atoms with van der Waals surface area (Å²) in [6.45, 7) is 16.5. The first-order valence-corrected chi connectivity index (χ1v) is 14.6. The minimum Gasteiger partial charge on any atom is -0.496 e. The number of rotatable bonds is 7. The maximum atomic E-state index is 12.8. The van der Waals surface area contributed by atoms with Crippen molar-refractivity contribution in [1.29, 1.82) is 0 Å². The Morgan fingerprint density at radius 3 is 2.45 bits per heavy atom. The standard InChI is InChI=1S/C32H47NO8.CH4/c1-11-16(2)27(39-19(5)34)17(3)20-14-21(38-10)25-26(33-37)29-31(8,41-28(25)18(20)4)13-12-23-32(29,9)22(35)15-24(40-23)30(6,7)36;/h11,14,17,22-24,26-27,29,35-36H,12-13,15H2,1-10H3;1H4/b16-11+;. The van der Waals surface area contributed by atoms with Crippen LogP contribution in [0.15, 0.2) is 22.9 Å². The molecule has 9 nitrogen and oxygen atoms in total. The van der Waals surface area contributed by atoms with E-state index in [1.54, 1.807) is 21.0 Å². The van der Waals surface area contributed by atoms with Crippen LogP contribution in [-0.2, 0) is 14.3 Å². The molecule has 236 valence electrons. The first kappa shape index (κ1) is 34.0. The van der Waals surface area contributed by atoms with E-state index < -0.39 is 53.0 Å². The molecule has 0 radical (unpaired) electrons. The largest absolute Gasteiger partial charge is 0.496 e. The number of carbonyl (C=O) groups is 1. The molecule has 0 aromatic heterocycles. The second-order valence-corrected chi connectivity index (χ2v) is 13.3. The summed E-state index contributed by atoms with van der Waals surface area (Å²) < 4.78 is 25.0. The predicted octanol–water partition coefficient (Wildman–Crippen LogP) is 6.31. The number of nitrogens with zero attached hydrogens (tertiary/aromatic N) is 1. The lowest BCUT2D eigenvalue weighted by molar-refractivity contribution is -0.277. The zero-order valence-electron chi connectivity index (χ0n) is 26.1. The Kier molecular flexibility index (Phi) is 9.63. The number of hydrogen-bond acceptors (Lipinski definition) is 9. The van der Waals surface area contributed by atoms with Crippen molar-refractivity contribution in [2.45, 2.75) is 137 Å². The number of esters is 1. The summed E-state index contributed by atoms with van der Waals surface area (Å²) in [4.78, 5) is 24.8. The molecule has 2 fully saturated rings. The van der Waals surface area contributed by atoms with Crippen molar-refractivity contribution in [3.05, 3.63) is 39.3 Å². The number of allylic oxidation sites excluding steroid dienone is 1. The Balaban J connectivity index is 0.00000484. The monoisotopic (exact) mass is 589 g/mol. The number of fused-ring (bicyclic) bond motifs is 4. The fraction of sp³-hybridized carbons (Fsp3) is 0.727. The van der Waals surface area contributed by atoms with Crippen LogP contribution in [0, 0.1) is 23.2 Å². The Morgan fingerprint density at radius 2 is 1.93 bits per heavy atom. The van der Waals surface area contributed by atoms with Crippen LogP contribution in [0.1, 0.15) is 111 Å². The van der Waals surface area contributed by atoms with Crippen LogP contribution in [0.5, 0.6) is 11.5 Å². The quantitative estimate of drug-likeness (QED) is 0.216. The minimum atomic E-state index is -1.12. The van der Waals surface area contributed by atoms with E-state index in [0.717, 1.165) is 16.7 Å². The number of benzene rings is 1. The molecule has 1 aromatic carbocycles. The molecule has 1 aliphatic carbocycles. The molecule has 42 heavy (non-hydrogen) atoms. The van der Waals surface area contributed by atoms with Crippen LogP contribution in [0.2, 0.25) is 0 Å². The Labute approximate surface area is 250 Å². The molecule has 2 N–H and O–H groups in total. The average Bonchev–Trinajstić information content (AvgIpc) is 2.90. The average molecular weight is 590 g/mol. The summed E-state index contributed by atoms with van der Waals surface area (Å²) in [5.74, 6) is -0.0895. The minimum absolute atomic E-state index is 0. The SMILES string of the molecule is C.C/C=C(\C)C(OC(C)=O)C(C)c1cc(OC)c2c(c1C)OC1(C)CCC3OC(C(C)(C)O)CC(O)C3(C)C1C2N=O. The van der Waals surface area contributed by atoms with E-state index in [9.17, 15) is 19.9 Å². The van der Waals surface area contributed by atoms with Gasteiger partial charge >= 0.3 is 5.97 Å². The summed E-state index contributed by atoms with van der Waals surface area (Å²) in [6, 6.07) is 1.02. The third-order valence-electron chi connectivity index (χ3n) is 10.2. The van der Waals surface area contributed by atoms with Gasteiger partial charge in [-0.2, -0.15) is 4.91 Å². The first-order chi connectivity index (χ1) is 19.0. The zero-order valence-corrected chi connectivity index (χ0v) is 26.1. The van der Waals surface area contributed by atoms with Gasteiger partial charge in [-0.1, -0.05) is 32.5 Å². The molecule has 0 spiro atoms. The summed E-state index contributed by atoms with van der Waals surface area (Å²) in [5.41, 5.74) is 0.388. The highest BCUT2D eigenvalue weighted by atomic mass is 16.5. The Bertz CT molecular complexity index is 1220. The molecular formula is C33H51NO8. The van der Waals surface area contributed by atoms with Crippen molar-refractivity contribution >= 4 is 5.97 Å². The lowest BCUT2D eigenvalue weighted by Crippen LogP contribution is -2.68. The molecular weight excluding hydrogens is 538 g/mol. The number of ether oxygens (including phenoxy) is 4. The van der Waals surface area contributed by atoms with Gasteiger partial charge in [-0.25, -0.2) is 0 Å². The van der Waals surface area contributed by atoms with Crippen molar-refractivity contribution in [3.8, 4) is 11.5 Å². The second kappa shape index (κ2) is 11.9. The Hall–Kier alpha value is -2.49. The van der Waals surface area contributed by atoms with Gasteiger partial charge in [0.2, 0.25) is 0 Å². The Morgan fingerprint density at radius 1 is 1.29 bits per heavy atom. The van der Waals surface area contributed by atoms with Gasteiger partial charge in [0.25, 0.3) is 0 Å². The van der Waals surface area contributed by atoms with Gasteiger partial charge in [-0.05, 0) is 77.2 Å². The molecule has 1 aromatic rings. The van der Waals surface area contributed by atoms with Gasteiger partial charge in [-0.15, -0.1) is 0 Å². The summed E-state index contributed by atoms with van der Waals surface area (Å²) in [6.07, 6.45) is 1.06. The zero-order chi connectivity index (χ0) is 30.7. The van der Waals surface area contributed by atoms with E-state index in [1.807, 2.05) is 53.7 Å². The highest BCUT2D eigenvalue weighted by Crippen LogP contribution is 2.64. The van der Waals surface area contributed by atoms with Crippen molar-refractivity contribution in [2.75, 3.05) is 7.11 Å². The van der Waals surface area contributed by atoms with Gasteiger partial charge in [0.15, 0.2) is 0 Å². The molecule has 1 saturated heterocycles. The number of methoxy groups -OCH3 is 1. The second-order valence-electron chi connectivity index (χ2n) is 13.3. The van der Waals surface area contributed by atoms with Crippen LogP contribution in [0.3, 0.4) is 0 Å². The third-order valence-corrected chi connectivity index (χ3v) is 10.2. The van der Waals surface area contributed by atoms with E-state index >= 15 is 0 Å². The summed E-state index contributed by atoms with van der Waals surface area (Å²) >= 11 is 0. The van der Waals surface area contributed by atoms with E-state index in [4.69, 9.17) is 18.9 Å². The molecule has 9 atom stereocenters. The number of aliphatic hydroxyl groups is 2. The van der Waals surface area contributed by atoms with Crippen molar-refractivity contribution in [2.24, 2.45) is 16.5 Å². The van der Waals surface area contributed by atoms with E-state index in [2.05, 4.69) is 5.18 Å². The molecule has 4 rings (SSSR count). The molecule has 2 aliphatic heterocycles. The van der Waals surface area contributed by atoms with Gasteiger partial charge in [0.05, 0.1) is 36.6 Å². The maximum absolute atomic E-state index is 12.8. The molecule has 3 aliphatic rings. The maximum Gasteiger partial charge on any atom is 0.303 e. The van der Waals surface area contributed by atoms with E-state index in [-0.39, 0.29) is 25.7 Å². The number of carbonyl (C=O) groups excluding carboxylic acids is 1. The van der Waals surface area contributed by atoms with Crippen LogP contribution in [0.25, 0.3) is 0 Å². The highest BCUT2D eigenvalue weighted by Gasteiger charge is 2.67. The number of hydrogen-bond donors (Lipinski definition) is 2. The van der Waals surface area contributed by atoms with Crippen LogP contribution < -0.4 is 9.47 Å². The molecule has 9 heteroatoms. The molecule has 9 unspecified atom stereocenters. The predicted molar refractivity (Wildman–Crippen MR) is 162 cm³/mol. The highest BCUT2D eigenvalue weighted by molar-refractivity contribution is 5.67. The summed E-state index contributed by atoms with van der Waals surface area (Å²) in [7, 11) is 1.55. The molecule has 0 amide bonds. The third kappa shape index (κ3) is 5.37. The van der Waals surface area contributed by atoms with Crippen LogP contribution >= 0.6 is 0 Å². The van der Waals surface area contributed by atoms with Gasteiger partial charge in [-0.3, -0.25) is 4.79 Å². The van der Waals surface area contributed by atoms with Gasteiger partial charge in [0, 0.05) is 30.6 Å². The van der Waals surface area contributed by atoms with Crippen molar-refractivity contribution < 1.29 is 34.0 Å². The van der Waals surface area contributed by atoms with Crippen LogP contribution in [0.4, 0.5) is 0 Å². The van der Waals surface area contributed by atoms with Crippen LogP contribution in [-0.4, -0.2) is 58.9 Å². The fourth-order valence-electron chi connectivity index (χ4n) is 7.77. The number of aliphatic hydroxyl groups excluding tert-OH is 1. The lowest BCUT2D eigenvalue weighted by atomic mass is 9.51. The van der Waals surface area contributed by atoms with Crippen molar-refractivity contribution in [1.82, 2.24) is 0 Å².